The topological polar surface area (TPSA) is 30.5 Å². The van der Waals surface area contributed by atoms with Crippen molar-refractivity contribution < 1.29 is 9.47 Å². The van der Waals surface area contributed by atoms with Crippen LogP contribution < -0.4 is 14.8 Å². The second-order valence-corrected chi connectivity index (χ2v) is 5.63. The van der Waals surface area contributed by atoms with E-state index in [-0.39, 0.29) is 0 Å². The lowest BCUT2D eigenvalue weighted by Crippen LogP contribution is -2.16. The Hall–Kier alpha value is -1.52. The van der Waals surface area contributed by atoms with Gasteiger partial charge in [-0.25, -0.2) is 0 Å². The minimum Gasteiger partial charge on any atom is -0.486 e. The van der Waals surface area contributed by atoms with Gasteiger partial charge in [-0.05, 0) is 35.4 Å². The van der Waals surface area contributed by atoms with Crippen molar-refractivity contribution in [1.82, 2.24) is 5.32 Å². The van der Waals surface area contributed by atoms with E-state index in [0.29, 0.717) is 13.2 Å². The second kappa shape index (κ2) is 6.29. The molecule has 4 heteroatoms. The quantitative estimate of drug-likeness (QED) is 0.928. The van der Waals surface area contributed by atoms with Gasteiger partial charge >= 0.3 is 0 Å². The van der Waals surface area contributed by atoms with Crippen LogP contribution in [0.5, 0.6) is 11.5 Å². The van der Waals surface area contributed by atoms with Crippen LogP contribution in [0.4, 0.5) is 0 Å². The van der Waals surface area contributed by atoms with Gasteiger partial charge in [-0.15, -0.1) is 0 Å². The first-order valence-corrected chi connectivity index (χ1v) is 7.44. The molecule has 0 bridgehead atoms. The van der Waals surface area contributed by atoms with E-state index < -0.39 is 0 Å². The minimum absolute atomic E-state index is 0.627. The van der Waals surface area contributed by atoms with E-state index >= 15 is 0 Å². The van der Waals surface area contributed by atoms with Crippen LogP contribution in [0.3, 0.4) is 0 Å². The summed E-state index contributed by atoms with van der Waals surface area (Å²) in [7, 11) is 0. The van der Waals surface area contributed by atoms with Gasteiger partial charge in [0, 0.05) is 17.6 Å². The summed E-state index contributed by atoms with van der Waals surface area (Å²) in [6.07, 6.45) is 0. The molecule has 1 heterocycles. The number of benzene rings is 2. The Morgan fingerprint density at radius 1 is 0.900 bits per heavy atom. The molecule has 0 aromatic heterocycles. The number of nitrogens with one attached hydrogen (secondary N) is 1. The predicted molar refractivity (Wildman–Crippen MR) is 82.1 cm³/mol. The van der Waals surface area contributed by atoms with Gasteiger partial charge in [0.15, 0.2) is 11.5 Å². The highest BCUT2D eigenvalue weighted by atomic mass is 79.9. The van der Waals surface area contributed by atoms with Crippen molar-refractivity contribution in [3.05, 3.63) is 58.1 Å². The van der Waals surface area contributed by atoms with Crippen molar-refractivity contribution in [2.75, 3.05) is 13.2 Å². The summed E-state index contributed by atoms with van der Waals surface area (Å²) in [4.78, 5) is 0. The molecule has 1 aliphatic rings. The van der Waals surface area contributed by atoms with Gasteiger partial charge in [-0.1, -0.05) is 34.1 Å². The monoisotopic (exact) mass is 333 g/mol. The highest BCUT2D eigenvalue weighted by molar-refractivity contribution is 9.10. The van der Waals surface area contributed by atoms with Crippen molar-refractivity contribution in [1.29, 1.82) is 0 Å². The third-order valence-corrected chi connectivity index (χ3v) is 3.65. The number of hydrogen-bond acceptors (Lipinski definition) is 3. The lowest BCUT2D eigenvalue weighted by molar-refractivity contribution is 0.171. The van der Waals surface area contributed by atoms with Crippen LogP contribution in [0.2, 0.25) is 0 Å². The zero-order valence-electron chi connectivity index (χ0n) is 11.1. The lowest BCUT2D eigenvalue weighted by Gasteiger charge is -2.19. The van der Waals surface area contributed by atoms with Gasteiger partial charge in [-0.2, -0.15) is 0 Å². The molecule has 0 atom stereocenters. The summed E-state index contributed by atoms with van der Waals surface area (Å²) in [5.74, 6) is 1.69. The molecule has 1 aliphatic heterocycles. The molecule has 0 spiro atoms. The van der Waals surface area contributed by atoms with Crippen molar-refractivity contribution >= 4 is 15.9 Å². The molecule has 0 radical (unpaired) electrons. The summed E-state index contributed by atoms with van der Waals surface area (Å²) in [6, 6.07) is 14.4. The van der Waals surface area contributed by atoms with E-state index in [2.05, 4.69) is 39.4 Å². The van der Waals surface area contributed by atoms with E-state index in [1.807, 2.05) is 24.3 Å². The number of rotatable bonds is 4. The van der Waals surface area contributed by atoms with Gasteiger partial charge in [-0.3, -0.25) is 0 Å². The Bertz CT molecular complexity index is 601. The van der Waals surface area contributed by atoms with Crippen LogP contribution in [-0.4, -0.2) is 13.2 Å². The van der Waals surface area contributed by atoms with Crippen molar-refractivity contribution in [2.45, 2.75) is 13.1 Å². The standard InChI is InChI=1S/C16H16BrNO2/c17-14-3-1-2-12(8-14)10-18-11-13-4-5-15-16(9-13)20-7-6-19-15/h1-5,8-9,18H,6-7,10-11H2. The number of halogens is 1. The molecule has 0 unspecified atom stereocenters. The molecule has 2 aromatic carbocycles. The van der Waals surface area contributed by atoms with Crippen LogP contribution in [0.1, 0.15) is 11.1 Å². The van der Waals surface area contributed by atoms with E-state index in [1.165, 1.54) is 11.1 Å². The summed E-state index contributed by atoms with van der Waals surface area (Å²) in [6.45, 7) is 2.91. The van der Waals surface area contributed by atoms with E-state index in [4.69, 9.17) is 9.47 Å². The Labute approximate surface area is 127 Å². The van der Waals surface area contributed by atoms with E-state index in [9.17, 15) is 0 Å². The van der Waals surface area contributed by atoms with Gasteiger partial charge in [0.1, 0.15) is 13.2 Å². The number of hydrogen-bond donors (Lipinski definition) is 1. The fourth-order valence-electron chi connectivity index (χ4n) is 2.20. The first-order valence-electron chi connectivity index (χ1n) is 6.65. The van der Waals surface area contributed by atoms with Gasteiger partial charge in [0.2, 0.25) is 0 Å². The molecular weight excluding hydrogens is 318 g/mol. The van der Waals surface area contributed by atoms with Crippen LogP contribution in [0.15, 0.2) is 46.9 Å². The molecule has 0 fully saturated rings. The zero-order chi connectivity index (χ0) is 13.8. The second-order valence-electron chi connectivity index (χ2n) is 4.71. The van der Waals surface area contributed by atoms with Gasteiger partial charge in [0.25, 0.3) is 0 Å². The third-order valence-electron chi connectivity index (χ3n) is 3.15. The molecule has 0 saturated heterocycles. The van der Waals surface area contributed by atoms with Crippen LogP contribution >= 0.6 is 15.9 Å². The fourth-order valence-corrected chi connectivity index (χ4v) is 2.64. The van der Waals surface area contributed by atoms with Crippen molar-refractivity contribution in [3.63, 3.8) is 0 Å². The molecule has 2 aromatic rings. The zero-order valence-corrected chi connectivity index (χ0v) is 12.7. The Morgan fingerprint density at radius 2 is 1.65 bits per heavy atom. The van der Waals surface area contributed by atoms with Crippen molar-refractivity contribution in [2.24, 2.45) is 0 Å². The van der Waals surface area contributed by atoms with Crippen LogP contribution in [0, 0.1) is 0 Å². The Balaban J connectivity index is 1.58. The highest BCUT2D eigenvalue weighted by Gasteiger charge is 2.11. The van der Waals surface area contributed by atoms with Crippen LogP contribution in [0.25, 0.3) is 0 Å². The highest BCUT2D eigenvalue weighted by Crippen LogP contribution is 2.30. The first kappa shape index (κ1) is 13.5. The van der Waals surface area contributed by atoms with Crippen LogP contribution in [-0.2, 0) is 13.1 Å². The average Bonchev–Trinajstić information content (AvgIpc) is 2.47. The fraction of sp³-hybridized carbons (Fsp3) is 0.250. The number of ether oxygens (including phenoxy) is 2. The average molecular weight is 334 g/mol. The van der Waals surface area contributed by atoms with Crippen molar-refractivity contribution in [3.8, 4) is 11.5 Å². The number of fused-ring (bicyclic) bond motifs is 1. The molecule has 20 heavy (non-hydrogen) atoms. The summed E-state index contributed by atoms with van der Waals surface area (Å²) in [5, 5.41) is 3.43. The summed E-state index contributed by atoms with van der Waals surface area (Å²) < 4.78 is 12.2. The molecule has 104 valence electrons. The smallest absolute Gasteiger partial charge is 0.161 e. The SMILES string of the molecule is Brc1cccc(CNCc2ccc3c(c2)OCCO3)c1. The molecule has 3 rings (SSSR count). The predicted octanol–water partition coefficient (Wildman–Crippen LogP) is 3.51. The molecular formula is C16H16BrNO2. The molecule has 0 amide bonds. The third kappa shape index (κ3) is 3.32. The normalized spacial score (nSPS) is 13.2. The summed E-state index contributed by atoms with van der Waals surface area (Å²) >= 11 is 3.48. The maximum absolute atomic E-state index is 5.59. The Morgan fingerprint density at radius 3 is 2.45 bits per heavy atom. The molecule has 0 saturated carbocycles. The lowest BCUT2D eigenvalue weighted by atomic mass is 10.2. The van der Waals surface area contributed by atoms with E-state index in [1.54, 1.807) is 0 Å². The Kier molecular flexibility index (Phi) is 4.23. The van der Waals surface area contributed by atoms with Gasteiger partial charge < -0.3 is 14.8 Å². The summed E-state index contributed by atoms with van der Waals surface area (Å²) in [5.41, 5.74) is 2.46. The first-order chi connectivity index (χ1) is 9.81. The molecule has 1 N–H and O–H groups in total. The maximum atomic E-state index is 5.59. The molecule has 0 aliphatic carbocycles. The maximum Gasteiger partial charge on any atom is 0.161 e. The van der Waals surface area contributed by atoms with E-state index in [0.717, 1.165) is 29.1 Å². The minimum atomic E-state index is 0.627. The largest absolute Gasteiger partial charge is 0.486 e. The van der Waals surface area contributed by atoms with Gasteiger partial charge in [0.05, 0.1) is 0 Å². The molecule has 3 nitrogen and oxygen atoms in total.